The van der Waals surface area contributed by atoms with Crippen molar-refractivity contribution in [2.45, 2.75) is 18.1 Å². The topological polar surface area (TPSA) is 130 Å². The Morgan fingerprint density at radius 2 is 1.10 bits per heavy atom. The van der Waals surface area contributed by atoms with Crippen molar-refractivity contribution in [3.63, 3.8) is 0 Å². The number of nitrogens with two attached hydrogens (primary N) is 5. The minimum atomic E-state index is -0.296. The molecule has 62 valence electrons. The Kier molecular flexibility index (Phi) is 4.50. The molecule has 10 N–H and O–H groups in total. The summed E-state index contributed by atoms with van der Waals surface area (Å²) in [6.07, 6.45) is 0. The van der Waals surface area contributed by atoms with E-state index in [9.17, 15) is 0 Å². The van der Waals surface area contributed by atoms with E-state index in [4.69, 9.17) is 28.7 Å². The molecule has 10 heavy (non-hydrogen) atoms. The van der Waals surface area contributed by atoms with Crippen LogP contribution in [0.25, 0.3) is 0 Å². The fraction of sp³-hybridized carbons (Fsp3) is 1.00. The molecular weight excluding hydrogens is 130 g/mol. The first kappa shape index (κ1) is 9.80. The highest BCUT2D eigenvalue weighted by Gasteiger charge is 2.17. The molecule has 0 bridgehead atoms. The van der Waals surface area contributed by atoms with Crippen LogP contribution in [0.15, 0.2) is 0 Å². The predicted octanol–water partition coefficient (Wildman–Crippen LogP) is -3.11. The minimum absolute atomic E-state index is 0.251. The van der Waals surface area contributed by atoms with Crippen molar-refractivity contribution in [1.82, 2.24) is 0 Å². The van der Waals surface area contributed by atoms with Crippen LogP contribution in [0.5, 0.6) is 0 Å². The quantitative estimate of drug-likeness (QED) is 0.287. The molecule has 2 atom stereocenters. The first-order valence-corrected chi connectivity index (χ1v) is 3.30. The van der Waals surface area contributed by atoms with Gasteiger partial charge in [-0.2, -0.15) is 0 Å². The van der Waals surface area contributed by atoms with E-state index in [0.717, 1.165) is 0 Å². The molecule has 2 unspecified atom stereocenters. The van der Waals surface area contributed by atoms with Gasteiger partial charge in [0, 0.05) is 31.2 Å². The van der Waals surface area contributed by atoms with E-state index in [0.29, 0.717) is 13.1 Å². The normalized spacial score (nSPS) is 20.1. The zero-order valence-corrected chi connectivity index (χ0v) is 6.03. The van der Waals surface area contributed by atoms with Gasteiger partial charge >= 0.3 is 0 Å². The molecule has 0 saturated carbocycles. The van der Waals surface area contributed by atoms with Crippen LogP contribution in [-0.2, 0) is 0 Å². The third-order valence-corrected chi connectivity index (χ3v) is 1.53. The smallest absolute Gasteiger partial charge is 0.0371 e. The molecule has 0 aromatic rings. The monoisotopic (exact) mass is 147 g/mol. The Morgan fingerprint density at radius 1 is 0.800 bits per heavy atom. The Hall–Kier alpha value is -0.200. The molecule has 0 amide bonds. The van der Waals surface area contributed by atoms with Crippen LogP contribution in [0.2, 0.25) is 0 Å². The van der Waals surface area contributed by atoms with E-state index in [1.165, 1.54) is 0 Å². The molecule has 0 radical (unpaired) electrons. The van der Waals surface area contributed by atoms with E-state index in [1.807, 2.05) is 0 Å². The van der Waals surface area contributed by atoms with Gasteiger partial charge in [-0.05, 0) is 0 Å². The van der Waals surface area contributed by atoms with Crippen LogP contribution >= 0.6 is 0 Å². The summed E-state index contributed by atoms with van der Waals surface area (Å²) in [5.41, 5.74) is 27.1. The highest BCUT2D eigenvalue weighted by molar-refractivity contribution is 4.86. The lowest BCUT2D eigenvalue weighted by Crippen LogP contribution is -2.58. The highest BCUT2D eigenvalue weighted by atomic mass is 14.9. The second-order valence-corrected chi connectivity index (χ2v) is 2.38. The molecule has 0 aromatic carbocycles. The predicted molar refractivity (Wildman–Crippen MR) is 42.0 cm³/mol. The first-order chi connectivity index (χ1) is 4.63. The third-order valence-electron chi connectivity index (χ3n) is 1.53. The van der Waals surface area contributed by atoms with Gasteiger partial charge in [-0.3, -0.25) is 0 Å². The maximum absolute atomic E-state index is 5.57. The van der Waals surface area contributed by atoms with Crippen LogP contribution in [0.3, 0.4) is 0 Å². The number of hydrogen-bond donors (Lipinski definition) is 5. The molecule has 0 heterocycles. The van der Waals surface area contributed by atoms with Gasteiger partial charge in [0.15, 0.2) is 0 Å². The highest BCUT2D eigenvalue weighted by Crippen LogP contribution is 1.88. The van der Waals surface area contributed by atoms with Crippen molar-refractivity contribution in [1.29, 1.82) is 0 Å². The molecule has 0 aromatic heterocycles. The average Bonchev–Trinajstić information content (AvgIpc) is 2.00. The summed E-state index contributed by atoms with van der Waals surface area (Å²) in [7, 11) is 0. The summed E-state index contributed by atoms with van der Waals surface area (Å²) in [5, 5.41) is 0. The zero-order valence-electron chi connectivity index (χ0n) is 6.03. The van der Waals surface area contributed by atoms with E-state index < -0.39 is 0 Å². The largest absolute Gasteiger partial charge is 0.329 e. The molecule has 0 aliphatic rings. The van der Waals surface area contributed by atoms with Crippen LogP contribution < -0.4 is 28.7 Å². The van der Waals surface area contributed by atoms with Crippen molar-refractivity contribution in [3.8, 4) is 0 Å². The van der Waals surface area contributed by atoms with Gasteiger partial charge in [0.25, 0.3) is 0 Å². The molecule has 0 rings (SSSR count). The first-order valence-electron chi connectivity index (χ1n) is 3.30. The molecular formula is C5H17N5. The summed E-state index contributed by atoms with van der Waals surface area (Å²) < 4.78 is 0. The van der Waals surface area contributed by atoms with Crippen molar-refractivity contribution < 1.29 is 0 Å². The van der Waals surface area contributed by atoms with Crippen molar-refractivity contribution in [2.24, 2.45) is 28.7 Å². The molecule has 5 heteroatoms. The maximum Gasteiger partial charge on any atom is 0.0371 e. The van der Waals surface area contributed by atoms with Gasteiger partial charge < -0.3 is 28.7 Å². The Morgan fingerprint density at radius 3 is 1.30 bits per heavy atom. The minimum Gasteiger partial charge on any atom is -0.329 e. The van der Waals surface area contributed by atoms with Crippen LogP contribution in [0.4, 0.5) is 0 Å². The zero-order chi connectivity index (χ0) is 8.15. The summed E-state index contributed by atoms with van der Waals surface area (Å²) in [6.45, 7) is 0.684. The van der Waals surface area contributed by atoms with Crippen LogP contribution in [0.1, 0.15) is 0 Å². The van der Waals surface area contributed by atoms with Gasteiger partial charge in [-0.15, -0.1) is 0 Å². The van der Waals surface area contributed by atoms with Crippen molar-refractivity contribution in [2.75, 3.05) is 13.1 Å². The molecule has 0 spiro atoms. The molecule has 5 nitrogen and oxygen atoms in total. The maximum atomic E-state index is 5.57. The lowest BCUT2D eigenvalue weighted by molar-refractivity contribution is 0.452. The van der Waals surface area contributed by atoms with Gasteiger partial charge in [-0.1, -0.05) is 0 Å². The van der Waals surface area contributed by atoms with Gasteiger partial charge in [0.1, 0.15) is 0 Å². The molecule has 0 aliphatic heterocycles. The number of rotatable bonds is 4. The molecule has 0 saturated heterocycles. The molecule has 0 fully saturated rings. The standard InChI is InChI=1S/C5H17N5/c6-1-3(8)5(10)4(9)2-7/h3-5H,1-2,6-10H2. The second kappa shape index (κ2) is 4.59. The lowest BCUT2D eigenvalue weighted by atomic mass is 10.0. The third kappa shape index (κ3) is 2.59. The van der Waals surface area contributed by atoms with E-state index >= 15 is 0 Å². The summed E-state index contributed by atoms with van der Waals surface area (Å²) in [5.74, 6) is 0. The van der Waals surface area contributed by atoms with Crippen LogP contribution in [-0.4, -0.2) is 31.2 Å². The van der Waals surface area contributed by atoms with Crippen LogP contribution in [0, 0.1) is 0 Å². The van der Waals surface area contributed by atoms with E-state index in [1.54, 1.807) is 0 Å². The second-order valence-electron chi connectivity index (χ2n) is 2.38. The van der Waals surface area contributed by atoms with Gasteiger partial charge in [0.05, 0.1) is 0 Å². The molecule has 0 aliphatic carbocycles. The Balaban J connectivity index is 3.69. The Labute approximate surface area is 60.9 Å². The summed E-state index contributed by atoms with van der Waals surface area (Å²) in [4.78, 5) is 0. The Bertz CT molecular complexity index is 76.1. The van der Waals surface area contributed by atoms with Crippen molar-refractivity contribution in [3.05, 3.63) is 0 Å². The van der Waals surface area contributed by atoms with Gasteiger partial charge in [-0.25, -0.2) is 0 Å². The average molecular weight is 147 g/mol. The fourth-order valence-electron chi connectivity index (χ4n) is 0.632. The summed E-state index contributed by atoms with van der Waals surface area (Å²) >= 11 is 0. The van der Waals surface area contributed by atoms with E-state index in [-0.39, 0.29) is 18.1 Å². The van der Waals surface area contributed by atoms with E-state index in [2.05, 4.69) is 0 Å². The fourth-order valence-corrected chi connectivity index (χ4v) is 0.632. The van der Waals surface area contributed by atoms with Crippen molar-refractivity contribution >= 4 is 0 Å². The number of hydrogen-bond acceptors (Lipinski definition) is 5. The SMILES string of the molecule is NCC(N)C(N)C(N)CN. The van der Waals surface area contributed by atoms with Gasteiger partial charge in [0.2, 0.25) is 0 Å². The lowest BCUT2D eigenvalue weighted by Gasteiger charge is -2.23. The summed E-state index contributed by atoms with van der Waals surface area (Å²) in [6, 6.07) is -0.799.